The minimum absolute atomic E-state index is 0.297. The van der Waals surface area contributed by atoms with Gasteiger partial charge in [-0.15, -0.1) is 15.3 Å². The number of azo groups is 4. The van der Waals surface area contributed by atoms with Crippen LogP contribution in [0.3, 0.4) is 0 Å². The van der Waals surface area contributed by atoms with Crippen LogP contribution >= 0.6 is 0 Å². The third kappa shape index (κ3) is 11.1. The molecule has 0 aliphatic rings. The summed E-state index contributed by atoms with van der Waals surface area (Å²) in [5.74, 6) is -0.473. The number of phenols is 1. The Balaban J connectivity index is 1.06. The van der Waals surface area contributed by atoms with Gasteiger partial charge < -0.3 is 10.4 Å². The minimum Gasteiger partial charge on any atom is -0.505 e. The summed E-state index contributed by atoms with van der Waals surface area (Å²) in [7, 11) is -14.5. The second-order valence-corrected chi connectivity index (χ2v) is 19.4. The van der Waals surface area contributed by atoms with Gasteiger partial charge in [0.05, 0.1) is 39.0 Å². The molecule has 7 aromatic carbocycles. The number of phenolic OH excluding ortho intramolecular Hbond substituents is 1. The molecule has 0 aliphatic heterocycles. The van der Waals surface area contributed by atoms with E-state index in [2.05, 4.69) is 46.2 Å². The molecule has 7 rings (SSSR count). The number of nitrogens with zero attached hydrogens (tertiary/aromatic N) is 8. The van der Waals surface area contributed by atoms with Gasteiger partial charge in [-0.25, -0.2) is 0 Å². The van der Waals surface area contributed by atoms with Crippen LogP contribution in [0.4, 0.5) is 56.9 Å². The van der Waals surface area contributed by atoms with Gasteiger partial charge in [0, 0.05) is 16.8 Å². The van der Waals surface area contributed by atoms with Crippen molar-refractivity contribution in [1.82, 2.24) is 0 Å². The zero-order chi connectivity index (χ0) is 48.4. The minimum atomic E-state index is -4.93. The fourth-order valence-corrected chi connectivity index (χ4v) is 8.64. The van der Waals surface area contributed by atoms with Crippen molar-refractivity contribution in [3.63, 3.8) is 0 Å². The largest absolute Gasteiger partial charge is 0.505 e. The van der Waals surface area contributed by atoms with E-state index in [0.717, 1.165) is 23.4 Å². The molecular formula is C45H39N9O10S3. The Morgan fingerprint density at radius 3 is 1.57 bits per heavy atom. The number of fused-ring (bicyclic) bond motifs is 1. The van der Waals surface area contributed by atoms with Gasteiger partial charge in [-0.2, -0.15) is 50.8 Å². The Morgan fingerprint density at radius 2 is 0.955 bits per heavy atom. The number of nitrogens with one attached hydrogen (secondary N) is 1. The van der Waals surface area contributed by atoms with Gasteiger partial charge in [-0.3, -0.25) is 13.7 Å². The summed E-state index contributed by atoms with van der Waals surface area (Å²) in [5, 5.41) is 49.1. The SMILES string of the molecule is Cc1cc(N=Nc2cc(C)c(N=Nc3c(S(=O)(=O)O)cc4cc(Nc5ccccc5)ccc4c3O)cc2C)ccc1N=Nc1cc(C)c(N=Nc2ccc(S(=O)(=O)O)cc2S(=O)(=O)O)c(C)c1. The summed E-state index contributed by atoms with van der Waals surface area (Å²) in [4.78, 5) is -2.22. The van der Waals surface area contributed by atoms with Crippen LogP contribution in [0.5, 0.6) is 5.75 Å². The van der Waals surface area contributed by atoms with Crippen molar-refractivity contribution in [2.24, 2.45) is 40.9 Å². The topological polar surface area (TPSA) is 294 Å². The first-order chi connectivity index (χ1) is 31.5. The summed E-state index contributed by atoms with van der Waals surface area (Å²) in [6, 6.07) is 30.0. The first-order valence-corrected chi connectivity index (χ1v) is 24.1. The summed E-state index contributed by atoms with van der Waals surface area (Å²) >= 11 is 0. The van der Waals surface area contributed by atoms with Crippen molar-refractivity contribution >= 4 is 98.0 Å². The van der Waals surface area contributed by atoms with E-state index in [9.17, 15) is 44.0 Å². The number of aromatic hydroxyl groups is 1. The first-order valence-electron chi connectivity index (χ1n) is 19.7. The van der Waals surface area contributed by atoms with E-state index in [0.29, 0.717) is 78.9 Å². The molecule has 0 spiro atoms. The van der Waals surface area contributed by atoms with Gasteiger partial charge >= 0.3 is 0 Å². The van der Waals surface area contributed by atoms with Gasteiger partial charge in [0.25, 0.3) is 30.4 Å². The molecule has 0 saturated heterocycles. The molecule has 22 heteroatoms. The third-order valence-corrected chi connectivity index (χ3v) is 12.7. The van der Waals surface area contributed by atoms with Crippen LogP contribution in [0.15, 0.2) is 171 Å². The van der Waals surface area contributed by atoms with E-state index >= 15 is 0 Å². The summed E-state index contributed by atoms with van der Waals surface area (Å²) in [6.07, 6.45) is 0. The molecule has 0 amide bonds. The van der Waals surface area contributed by atoms with Crippen LogP contribution in [0.2, 0.25) is 0 Å². The Kier molecular flexibility index (Phi) is 13.3. The molecule has 0 saturated carbocycles. The van der Waals surface area contributed by atoms with Crippen molar-refractivity contribution in [2.45, 2.75) is 49.3 Å². The average Bonchev–Trinajstić information content (AvgIpc) is 3.25. The maximum absolute atomic E-state index is 12.5. The lowest BCUT2D eigenvalue weighted by molar-refractivity contribution is 0.472. The molecule has 0 bridgehead atoms. The number of rotatable bonds is 13. The van der Waals surface area contributed by atoms with Gasteiger partial charge in [0.2, 0.25) is 0 Å². The smallest absolute Gasteiger partial charge is 0.296 e. The van der Waals surface area contributed by atoms with Gasteiger partial charge in [0.1, 0.15) is 21.2 Å². The second-order valence-electron chi connectivity index (χ2n) is 15.2. The highest BCUT2D eigenvalue weighted by atomic mass is 32.2. The van der Waals surface area contributed by atoms with E-state index in [1.165, 1.54) is 6.07 Å². The van der Waals surface area contributed by atoms with E-state index < -0.39 is 56.5 Å². The zero-order valence-corrected chi connectivity index (χ0v) is 38.5. The molecule has 5 N–H and O–H groups in total. The average molecular weight is 962 g/mol. The molecular weight excluding hydrogens is 923 g/mol. The lowest BCUT2D eigenvalue weighted by atomic mass is 10.1. The van der Waals surface area contributed by atoms with E-state index in [4.69, 9.17) is 0 Å². The Morgan fingerprint density at radius 1 is 0.418 bits per heavy atom. The van der Waals surface area contributed by atoms with Gasteiger partial charge in [0.15, 0.2) is 5.75 Å². The molecule has 19 nitrogen and oxygen atoms in total. The van der Waals surface area contributed by atoms with E-state index in [1.807, 2.05) is 37.3 Å². The van der Waals surface area contributed by atoms with Crippen molar-refractivity contribution in [2.75, 3.05) is 5.32 Å². The maximum atomic E-state index is 12.5. The Labute approximate surface area is 384 Å². The number of hydrogen-bond acceptors (Lipinski definition) is 16. The number of para-hydroxylation sites is 1. The van der Waals surface area contributed by atoms with Crippen molar-refractivity contribution < 1.29 is 44.0 Å². The fraction of sp³-hybridized carbons (Fsp3) is 0.111. The molecule has 342 valence electrons. The lowest BCUT2D eigenvalue weighted by Crippen LogP contribution is -2.03. The molecule has 0 aliphatic carbocycles. The van der Waals surface area contributed by atoms with E-state index in [-0.39, 0.29) is 5.69 Å². The van der Waals surface area contributed by atoms with Crippen LogP contribution in [0, 0.1) is 34.6 Å². The predicted octanol–water partition coefficient (Wildman–Crippen LogP) is 13.2. The van der Waals surface area contributed by atoms with Gasteiger partial charge in [-0.1, -0.05) is 18.2 Å². The molecule has 0 aromatic heterocycles. The second kappa shape index (κ2) is 18.8. The summed E-state index contributed by atoms with van der Waals surface area (Å²) in [6.45, 7) is 8.80. The standard InChI is InChI=1S/C45H39N9O10S3/c1-25-17-33(12-15-37(25)49-48-34-18-28(4)43(29(5)19-34)53-50-38-16-13-35(65(56,57)58)24-41(38)66(59,60)61)47-51-39-20-27(3)40(21-26(39)2)52-54-44-42(67(62,63)64)23-30-22-32(11-14-36(30)45(44)55)46-31-9-7-6-8-10-31/h6-24,46,55H,1-5H3,(H,56,57,58)(H,59,60,61)(H,62,63,64). The van der Waals surface area contributed by atoms with Crippen LogP contribution in [-0.4, -0.2) is 44.0 Å². The van der Waals surface area contributed by atoms with Gasteiger partial charge in [-0.05, 0) is 165 Å². The Bertz CT molecular complexity index is 3580. The molecule has 0 unspecified atom stereocenters. The lowest BCUT2D eigenvalue weighted by Gasteiger charge is -2.12. The van der Waals surface area contributed by atoms with Crippen LogP contribution < -0.4 is 5.32 Å². The third-order valence-electron chi connectivity index (χ3n) is 10.1. The maximum Gasteiger partial charge on any atom is 0.296 e. The Hall–Kier alpha value is -7.47. The summed E-state index contributed by atoms with van der Waals surface area (Å²) in [5.41, 5.74) is 6.63. The van der Waals surface area contributed by atoms with Crippen LogP contribution in [0.25, 0.3) is 10.8 Å². The molecule has 0 radical (unpaired) electrons. The number of hydrogen-bond donors (Lipinski definition) is 5. The molecule has 67 heavy (non-hydrogen) atoms. The van der Waals surface area contributed by atoms with Crippen LogP contribution in [0.1, 0.15) is 27.8 Å². The fourth-order valence-electron chi connectivity index (χ4n) is 6.75. The molecule has 0 heterocycles. The quantitative estimate of drug-likeness (QED) is 0.0534. The predicted molar refractivity (Wildman–Crippen MR) is 251 cm³/mol. The van der Waals surface area contributed by atoms with Crippen molar-refractivity contribution in [3.8, 4) is 5.75 Å². The normalized spacial score (nSPS) is 12.7. The summed E-state index contributed by atoms with van der Waals surface area (Å²) < 4.78 is 101. The van der Waals surface area contributed by atoms with Crippen molar-refractivity contribution in [3.05, 3.63) is 143 Å². The molecule has 0 atom stereocenters. The zero-order valence-electron chi connectivity index (χ0n) is 36.0. The van der Waals surface area contributed by atoms with Crippen molar-refractivity contribution in [1.29, 1.82) is 0 Å². The number of benzene rings is 7. The number of anilines is 2. The van der Waals surface area contributed by atoms with Crippen LogP contribution in [-0.2, 0) is 30.4 Å². The highest BCUT2D eigenvalue weighted by Gasteiger charge is 2.23. The number of aryl methyl sites for hydroxylation is 5. The highest BCUT2D eigenvalue weighted by Crippen LogP contribution is 2.43. The van der Waals surface area contributed by atoms with E-state index in [1.54, 1.807) is 88.4 Å². The highest BCUT2D eigenvalue weighted by molar-refractivity contribution is 7.87. The molecule has 0 fully saturated rings. The molecule has 7 aromatic rings. The monoisotopic (exact) mass is 961 g/mol. The first kappa shape index (κ1) is 47.5.